The van der Waals surface area contributed by atoms with Gasteiger partial charge in [-0.25, -0.2) is 0 Å². The number of nitrogens with two attached hydrogens (primary N) is 1. The maximum absolute atomic E-state index is 5.68. The second-order valence-electron chi connectivity index (χ2n) is 5.74. The van der Waals surface area contributed by atoms with Crippen molar-refractivity contribution in [3.05, 3.63) is 11.7 Å². The summed E-state index contributed by atoms with van der Waals surface area (Å²) in [6.45, 7) is 9.02. The van der Waals surface area contributed by atoms with Gasteiger partial charge in [0.25, 0.3) is 0 Å². The van der Waals surface area contributed by atoms with Gasteiger partial charge in [-0.15, -0.1) is 0 Å². The summed E-state index contributed by atoms with van der Waals surface area (Å²) in [5.41, 5.74) is 5.62. The Bertz CT molecular complexity index is 353. The second kappa shape index (κ2) is 6.29. The van der Waals surface area contributed by atoms with Crippen molar-refractivity contribution in [3.63, 3.8) is 0 Å². The largest absolute Gasteiger partial charge is 0.373 e. The molecular weight excluding hydrogens is 230 g/mol. The van der Waals surface area contributed by atoms with Crippen molar-refractivity contribution in [2.75, 3.05) is 13.7 Å². The number of methoxy groups -OCH3 is 1. The predicted molar refractivity (Wildman–Crippen MR) is 70.0 cm³/mol. The highest BCUT2D eigenvalue weighted by Crippen LogP contribution is 2.33. The Labute approximate surface area is 109 Å². The zero-order valence-corrected chi connectivity index (χ0v) is 12.1. The molecule has 2 unspecified atom stereocenters. The molecule has 2 atom stereocenters. The fourth-order valence-corrected chi connectivity index (χ4v) is 1.94. The van der Waals surface area contributed by atoms with E-state index < -0.39 is 0 Å². The normalized spacial score (nSPS) is 15.7. The molecule has 18 heavy (non-hydrogen) atoms. The molecule has 2 N–H and O–H groups in total. The van der Waals surface area contributed by atoms with Crippen LogP contribution in [0.5, 0.6) is 0 Å². The minimum atomic E-state index is -0.159. The highest BCUT2D eigenvalue weighted by atomic mass is 16.5. The monoisotopic (exact) mass is 255 g/mol. The lowest BCUT2D eigenvalue weighted by molar-refractivity contribution is 0.00718. The number of ether oxygens (including phenoxy) is 1. The van der Waals surface area contributed by atoms with Crippen LogP contribution in [0.1, 0.15) is 51.9 Å². The molecule has 0 radical (unpaired) electrons. The Balaban J connectivity index is 2.79. The molecule has 1 aromatic rings. The van der Waals surface area contributed by atoms with E-state index in [4.69, 9.17) is 15.0 Å². The third kappa shape index (κ3) is 3.78. The van der Waals surface area contributed by atoms with Crippen molar-refractivity contribution in [1.29, 1.82) is 0 Å². The van der Waals surface area contributed by atoms with Crippen LogP contribution in [-0.4, -0.2) is 23.8 Å². The molecule has 0 bridgehead atoms. The van der Waals surface area contributed by atoms with Gasteiger partial charge in [0.15, 0.2) is 0 Å². The Morgan fingerprint density at radius 2 is 2.06 bits per heavy atom. The summed E-state index contributed by atoms with van der Waals surface area (Å²) < 4.78 is 10.7. The number of hydrogen-bond acceptors (Lipinski definition) is 5. The average molecular weight is 255 g/mol. The molecule has 0 aliphatic rings. The average Bonchev–Trinajstić information content (AvgIpc) is 2.73. The van der Waals surface area contributed by atoms with E-state index in [1.165, 1.54) is 0 Å². The smallest absolute Gasteiger partial charge is 0.227 e. The van der Waals surface area contributed by atoms with Gasteiger partial charge in [-0.1, -0.05) is 39.3 Å². The summed E-state index contributed by atoms with van der Waals surface area (Å²) in [6.07, 6.45) is 1.59. The van der Waals surface area contributed by atoms with E-state index in [-0.39, 0.29) is 11.5 Å². The lowest BCUT2D eigenvalue weighted by Crippen LogP contribution is -2.21. The van der Waals surface area contributed by atoms with Crippen molar-refractivity contribution < 1.29 is 9.26 Å². The summed E-state index contributed by atoms with van der Waals surface area (Å²) in [5, 5.41) is 4.02. The molecule has 0 aromatic carbocycles. The van der Waals surface area contributed by atoms with E-state index >= 15 is 0 Å². The summed E-state index contributed by atoms with van der Waals surface area (Å²) >= 11 is 0. The molecule has 1 heterocycles. The molecule has 0 saturated carbocycles. The van der Waals surface area contributed by atoms with Crippen LogP contribution in [0.15, 0.2) is 4.52 Å². The van der Waals surface area contributed by atoms with Gasteiger partial charge in [0.05, 0.1) is 0 Å². The van der Waals surface area contributed by atoms with Crippen LogP contribution in [0.25, 0.3) is 0 Å². The molecular formula is C13H25N3O2. The number of nitrogens with zero attached hydrogens (tertiary/aromatic N) is 2. The Morgan fingerprint density at radius 1 is 1.39 bits per heavy atom. The fourth-order valence-electron chi connectivity index (χ4n) is 1.94. The molecule has 1 rings (SSSR count). The number of rotatable bonds is 6. The zero-order valence-electron chi connectivity index (χ0n) is 12.1. The van der Waals surface area contributed by atoms with Crippen molar-refractivity contribution >= 4 is 0 Å². The molecule has 0 saturated heterocycles. The van der Waals surface area contributed by atoms with E-state index in [1.54, 1.807) is 7.11 Å². The van der Waals surface area contributed by atoms with Crippen LogP contribution in [0.4, 0.5) is 0 Å². The zero-order chi connectivity index (χ0) is 13.8. The van der Waals surface area contributed by atoms with Gasteiger partial charge < -0.3 is 15.0 Å². The number of hydrogen-bond donors (Lipinski definition) is 1. The van der Waals surface area contributed by atoms with Crippen LogP contribution < -0.4 is 5.73 Å². The van der Waals surface area contributed by atoms with Crippen LogP contribution in [0.3, 0.4) is 0 Å². The first kappa shape index (κ1) is 15.1. The molecule has 0 spiro atoms. The first-order chi connectivity index (χ1) is 8.42. The maximum Gasteiger partial charge on any atom is 0.227 e. The molecule has 5 heteroatoms. The first-order valence-corrected chi connectivity index (χ1v) is 6.47. The minimum absolute atomic E-state index is 0.0616. The van der Waals surface area contributed by atoms with Crippen molar-refractivity contribution in [2.45, 2.75) is 46.6 Å². The van der Waals surface area contributed by atoms with E-state index in [9.17, 15) is 0 Å². The molecule has 0 fully saturated rings. The third-order valence-corrected chi connectivity index (χ3v) is 3.11. The predicted octanol–water partition coefficient (Wildman–Crippen LogP) is 2.33. The quantitative estimate of drug-likeness (QED) is 0.844. The molecule has 0 aliphatic carbocycles. The van der Waals surface area contributed by atoms with Gasteiger partial charge in [0, 0.05) is 13.5 Å². The molecule has 0 amide bonds. The molecule has 0 aliphatic heterocycles. The lowest BCUT2D eigenvalue weighted by Gasteiger charge is -2.26. The standard InChI is InChI=1S/C13H25N3O2/c1-6-9(8-14)7-10-15-12(16-18-10)11(17-5)13(2,3)4/h9,11H,6-8,14H2,1-5H3. The van der Waals surface area contributed by atoms with Gasteiger partial charge in [-0.3, -0.25) is 0 Å². The highest BCUT2D eigenvalue weighted by molar-refractivity contribution is 4.97. The Kier molecular flexibility index (Phi) is 5.28. The lowest BCUT2D eigenvalue weighted by atomic mass is 9.88. The van der Waals surface area contributed by atoms with Gasteiger partial charge in [0.1, 0.15) is 6.10 Å². The molecule has 1 aromatic heterocycles. The first-order valence-electron chi connectivity index (χ1n) is 6.47. The fraction of sp³-hybridized carbons (Fsp3) is 0.846. The van der Waals surface area contributed by atoms with Gasteiger partial charge in [-0.2, -0.15) is 4.98 Å². The number of aromatic nitrogens is 2. The van der Waals surface area contributed by atoms with Crippen LogP contribution >= 0.6 is 0 Å². The van der Waals surface area contributed by atoms with Crippen LogP contribution in [0.2, 0.25) is 0 Å². The second-order valence-corrected chi connectivity index (χ2v) is 5.74. The van der Waals surface area contributed by atoms with E-state index in [1.807, 2.05) is 0 Å². The summed E-state index contributed by atoms with van der Waals surface area (Å²) in [5.74, 6) is 1.66. The SMILES string of the molecule is CCC(CN)Cc1nc(C(OC)C(C)(C)C)no1. The maximum atomic E-state index is 5.68. The Hall–Kier alpha value is -0.940. The Morgan fingerprint density at radius 3 is 2.50 bits per heavy atom. The summed E-state index contributed by atoms with van der Waals surface area (Å²) in [4.78, 5) is 4.43. The summed E-state index contributed by atoms with van der Waals surface area (Å²) in [6, 6.07) is 0. The van der Waals surface area contributed by atoms with Gasteiger partial charge >= 0.3 is 0 Å². The van der Waals surface area contributed by atoms with E-state index in [0.29, 0.717) is 24.2 Å². The minimum Gasteiger partial charge on any atom is -0.373 e. The van der Waals surface area contributed by atoms with E-state index in [0.717, 1.165) is 12.8 Å². The highest BCUT2D eigenvalue weighted by Gasteiger charge is 2.30. The molecule has 5 nitrogen and oxygen atoms in total. The van der Waals surface area contributed by atoms with Gasteiger partial charge in [-0.05, 0) is 17.9 Å². The van der Waals surface area contributed by atoms with Crippen molar-refractivity contribution in [3.8, 4) is 0 Å². The van der Waals surface area contributed by atoms with Gasteiger partial charge in [0.2, 0.25) is 11.7 Å². The van der Waals surface area contributed by atoms with Crippen LogP contribution in [-0.2, 0) is 11.2 Å². The van der Waals surface area contributed by atoms with Crippen molar-refractivity contribution in [2.24, 2.45) is 17.1 Å². The topological polar surface area (TPSA) is 74.2 Å². The third-order valence-electron chi connectivity index (χ3n) is 3.11. The van der Waals surface area contributed by atoms with E-state index in [2.05, 4.69) is 37.8 Å². The molecule has 104 valence electrons. The summed E-state index contributed by atoms with van der Waals surface area (Å²) in [7, 11) is 1.67. The van der Waals surface area contributed by atoms with Crippen LogP contribution in [0, 0.1) is 11.3 Å². The van der Waals surface area contributed by atoms with Crippen molar-refractivity contribution in [1.82, 2.24) is 10.1 Å².